The largest absolute Gasteiger partial charge is 0.497 e. The Morgan fingerprint density at radius 1 is 1.24 bits per heavy atom. The minimum atomic E-state index is -0.495. The number of nitrogens with one attached hydrogen (secondary N) is 2. The Morgan fingerprint density at radius 3 is 2.60 bits per heavy atom. The molecule has 0 heterocycles. The molecule has 1 amide bonds. The van der Waals surface area contributed by atoms with Crippen LogP contribution in [0.4, 0.5) is 11.4 Å². The van der Waals surface area contributed by atoms with Gasteiger partial charge in [0.1, 0.15) is 5.75 Å². The maximum Gasteiger partial charge on any atom is 0.270 e. The van der Waals surface area contributed by atoms with Crippen LogP contribution in [0.25, 0.3) is 6.08 Å². The van der Waals surface area contributed by atoms with Crippen molar-refractivity contribution in [3.63, 3.8) is 0 Å². The third kappa shape index (κ3) is 5.70. The fourth-order valence-electron chi connectivity index (χ4n) is 1.90. The first-order chi connectivity index (χ1) is 12.0. The molecule has 25 heavy (non-hydrogen) atoms. The molecule has 0 atom stereocenters. The lowest BCUT2D eigenvalue weighted by Gasteiger charge is -2.08. The average molecular weight is 357 g/mol. The van der Waals surface area contributed by atoms with Crippen molar-refractivity contribution < 1.29 is 14.5 Å². The van der Waals surface area contributed by atoms with Crippen molar-refractivity contribution in [3.8, 4) is 5.75 Å². The van der Waals surface area contributed by atoms with E-state index in [2.05, 4.69) is 10.6 Å². The second kappa shape index (κ2) is 8.55. The number of ether oxygens (including phenoxy) is 1. The van der Waals surface area contributed by atoms with Crippen molar-refractivity contribution in [2.24, 2.45) is 0 Å². The number of hydrogen-bond acceptors (Lipinski definition) is 5. The van der Waals surface area contributed by atoms with Gasteiger partial charge >= 0.3 is 0 Å². The summed E-state index contributed by atoms with van der Waals surface area (Å²) in [6, 6.07) is 13.0. The zero-order valence-electron chi connectivity index (χ0n) is 13.3. The van der Waals surface area contributed by atoms with E-state index in [1.165, 1.54) is 24.3 Å². The minimum Gasteiger partial charge on any atom is -0.497 e. The van der Waals surface area contributed by atoms with Gasteiger partial charge in [-0.3, -0.25) is 20.2 Å². The molecule has 0 saturated heterocycles. The van der Waals surface area contributed by atoms with Crippen molar-refractivity contribution in [2.45, 2.75) is 0 Å². The minimum absolute atomic E-state index is 0.0424. The van der Waals surface area contributed by atoms with Gasteiger partial charge in [0, 0.05) is 23.9 Å². The van der Waals surface area contributed by atoms with E-state index in [0.29, 0.717) is 17.0 Å². The van der Waals surface area contributed by atoms with Crippen molar-refractivity contribution in [1.82, 2.24) is 5.32 Å². The Kier molecular flexibility index (Phi) is 6.19. The normalized spacial score (nSPS) is 10.3. The van der Waals surface area contributed by atoms with E-state index in [0.717, 1.165) is 0 Å². The molecule has 0 aromatic heterocycles. The Labute approximate surface area is 149 Å². The van der Waals surface area contributed by atoms with E-state index in [-0.39, 0.29) is 10.8 Å². The van der Waals surface area contributed by atoms with Crippen LogP contribution in [0, 0.1) is 10.1 Å². The van der Waals surface area contributed by atoms with Gasteiger partial charge in [0.2, 0.25) is 5.91 Å². The molecular weight excluding hydrogens is 342 g/mol. The standard InChI is InChI=1S/C17H15N3O4S/c1-24-15-8-6-13(7-9-15)18-17(25)19-16(21)10-5-12-3-2-4-14(11-12)20(22)23/h2-11H,1H3,(H2,18,19,21,25)/b10-5+. The molecule has 0 unspecified atom stereocenters. The molecule has 128 valence electrons. The van der Waals surface area contributed by atoms with Gasteiger partial charge < -0.3 is 10.1 Å². The molecule has 0 fully saturated rings. The third-order valence-corrected chi connectivity index (χ3v) is 3.30. The number of carbonyl (C=O) groups excluding carboxylic acids is 1. The molecule has 0 aliphatic heterocycles. The highest BCUT2D eigenvalue weighted by molar-refractivity contribution is 7.80. The Hall–Kier alpha value is -3.26. The number of non-ortho nitro benzene ring substituents is 1. The van der Waals surface area contributed by atoms with Gasteiger partial charge in [-0.05, 0) is 48.1 Å². The van der Waals surface area contributed by atoms with Gasteiger partial charge in [0.15, 0.2) is 5.11 Å². The lowest BCUT2D eigenvalue weighted by atomic mass is 10.2. The summed E-state index contributed by atoms with van der Waals surface area (Å²) in [5.74, 6) is 0.262. The summed E-state index contributed by atoms with van der Waals surface area (Å²) in [6.07, 6.45) is 2.72. The molecule has 0 bridgehead atoms. The first kappa shape index (κ1) is 18.1. The van der Waals surface area contributed by atoms with Crippen LogP contribution in [0.3, 0.4) is 0 Å². The molecule has 0 spiro atoms. The monoisotopic (exact) mass is 357 g/mol. The highest BCUT2D eigenvalue weighted by atomic mass is 32.1. The van der Waals surface area contributed by atoms with Crippen LogP contribution >= 0.6 is 12.2 Å². The van der Waals surface area contributed by atoms with Crippen LogP contribution in [0.1, 0.15) is 5.56 Å². The van der Waals surface area contributed by atoms with Gasteiger partial charge in [0.05, 0.1) is 12.0 Å². The molecule has 0 saturated carbocycles. The second-order valence-corrected chi connectivity index (χ2v) is 5.27. The number of benzene rings is 2. The smallest absolute Gasteiger partial charge is 0.270 e. The average Bonchev–Trinajstić information content (AvgIpc) is 2.60. The quantitative estimate of drug-likeness (QED) is 0.370. The van der Waals surface area contributed by atoms with Crippen molar-refractivity contribution in [3.05, 3.63) is 70.3 Å². The first-order valence-corrected chi connectivity index (χ1v) is 7.57. The summed E-state index contributed by atoms with van der Waals surface area (Å²) < 4.78 is 5.05. The van der Waals surface area contributed by atoms with E-state index in [1.807, 2.05) is 0 Å². The maximum absolute atomic E-state index is 11.9. The number of carbonyl (C=O) groups is 1. The van der Waals surface area contributed by atoms with Gasteiger partial charge in [0.25, 0.3) is 5.69 Å². The van der Waals surface area contributed by atoms with Gasteiger partial charge in [-0.25, -0.2) is 0 Å². The summed E-state index contributed by atoms with van der Waals surface area (Å²) >= 11 is 5.06. The summed E-state index contributed by atoms with van der Waals surface area (Å²) in [5, 5.41) is 16.2. The number of hydrogen-bond donors (Lipinski definition) is 2. The van der Waals surface area contributed by atoms with Crippen molar-refractivity contribution in [1.29, 1.82) is 0 Å². The van der Waals surface area contributed by atoms with Crippen molar-refractivity contribution in [2.75, 3.05) is 12.4 Å². The Bertz CT molecular complexity index is 819. The molecule has 7 nitrogen and oxygen atoms in total. The summed E-state index contributed by atoms with van der Waals surface area (Å²) in [6.45, 7) is 0. The number of rotatable bonds is 5. The van der Waals surface area contributed by atoms with Crippen LogP contribution in [0.5, 0.6) is 5.75 Å². The summed E-state index contributed by atoms with van der Waals surface area (Å²) in [5.41, 5.74) is 1.20. The predicted octanol–water partition coefficient (Wildman–Crippen LogP) is 3.13. The summed E-state index contributed by atoms with van der Waals surface area (Å²) in [4.78, 5) is 22.1. The Balaban J connectivity index is 1.91. The molecule has 0 aliphatic carbocycles. The number of anilines is 1. The zero-order chi connectivity index (χ0) is 18.2. The summed E-state index contributed by atoms with van der Waals surface area (Å²) in [7, 11) is 1.57. The van der Waals surface area contributed by atoms with Crippen LogP contribution in [-0.2, 0) is 4.79 Å². The highest BCUT2D eigenvalue weighted by Crippen LogP contribution is 2.15. The maximum atomic E-state index is 11.9. The molecular formula is C17H15N3O4S. The van der Waals surface area contributed by atoms with E-state index in [1.54, 1.807) is 43.5 Å². The van der Waals surface area contributed by atoms with E-state index in [4.69, 9.17) is 17.0 Å². The second-order valence-electron chi connectivity index (χ2n) is 4.86. The van der Waals surface area contributed by atoms with Gasteiger partial charge in [-0.2, -0.15) is 0 Å². The SMILES string of the molecule is COc1ccc(NC(=S)NC(=O)/C=C/c2cccc([N+](=O)[O-])c2)cc1. The zero-order valence-corrected chi connectivity index (χ0v) is 14.1. The number of nitro benzene ring substituents is 1. The Morgan fingerprint density at radius 2 is 1.96 bits per heavy atom. The topological polar surface area (TPSA) is 93.5 Å². The molecule has 2 aromatic rings. The van der Waals surface area contributed by atoms with Crippen LogP contribution in [0.2, 0.25) is 0 Å². The fourth-order valence-corrected chi connectivity index (χ4v) is 2.12. The first-order valence-electron chi connectivity index (χ1n) is 7.16. The van der Waals surface area contributed by atoms with E-state index in [9.17, 15) is 14.9 Å². The molecule has 2 aromatic carbocycles. The lowest BCUT2D eigenvalue weighted by molar-refractivity contribution is -0.384. The number of amides is 1. The highest BCUT2D eigenvalue weighted by Gasteiger charge is 2.05. The number of thiocarbonyl (C=S) groups is 1. The van der Waals surface area contributed by atoms with Crippen LogP contribution < -0.4 is 15.4 Å². The molecule has 2 rings (SSSR count). The fraction of sp³-hybridized carbons (Fsp3) is 0.0588. The molecule has 0 radical (unpaired) electrons. The number of methoxy groups -OCH3 is 1. The van der Waals surface area contributed by atoms with Gasteiger partial charge in [-0.15, -0.1) is 0 Å². The molecule has 8 heteroatoms. The molecule has 0 aliphatic rings. The van der Waals surface area contributed by atoms with E-state index >= 15 is 0 Å². The van der Waals surface area contributed by atoms with Gasteiger partial charge in [-0.1, -0.05) is 12.1 Å². The number of nitro groups is 1. The number of nitrogens with zero attached hydrogens (tertiary/aromatic N) is 1. The third-order valence-electron chi connectivity index (χ3n) is 3.09. The lowest BCUT2D eigenvalue weighted by Crippen LogP contribution is -2.32. The van der Waals surface area contributed by atoms with E-state index < -0.39 is 10.8 Å². The van der Waals surface area contributed by atoms with Crippen LogP contribution in [-0.4, -0.2) is 23.1 Å². The van der Waals surface area contributed by atoms with Crippen molar-refractivity contribution >= 4 is 40.7 Å². The van der Waals surface area contributed by atoms with Crippen LogP contribution in [0.15, 0.2) is 54.6 Å². The molecule has 2 N–H and O–H groups in total. The predicted molar refractivity (Wildman–Crippen MR) is 99.5 cm³/mol.